The van der Waals surface area contributed by atoms with E-state index in [1.165, 1.54) is 34.5 Å². The first-order valence-corrected chi connectivity index (χ1v) is 10.4. The van der Waals surface area contributed by atoms with Gasteiger partial charge in [-0.25, -0.2) is 0 Å². The normalized spacial score (nSPS) is 20.0. The van der Waals surface area contributed by atoms with Gasteiger partial charge in [0.05, 0.1) is 30.1 Å². The first-order chi connectivity index (χ1) is 14.2. The van der Waals surface area contributed by atoms with E-state index in [0.717, 1.165) is 24.9 Å². The van der Waals surface area contributed by atoms with Crippen LogP contribution in [0.15, 0.2) is 60.9 Å². The van der Waals surface area contributed by atoms with Gasteiger partial charge in [0.25, 0.3) is 0 Å². The fourth-order valence-electron chi connectivity index (χ4n) is 4.52. The summed E-state index contributed by atoms with van der Waals surface area (Å²) in [6, 6.07) is 17.2. The molecule has 2 atom stereocenters. The number of aromatic nitrogens is 2. The smallest absolute Gasteiger partial charge is 0.0681 e. The zero-order valence-electron chi connectivity index (χ0n) is 17.3. The molecule has 29 heavy (non-hydrogen) atoms. The number of aliphatic hydroxyl groups is 1. The lowest BCUT2D eigenvalue weighted by atomic mass is 9.88. The van der Waals surface area contributed by atoms with E-state index in [4.69, 9.17) is 9.97 Å². The van der Waals surface area contributed by atoms with Crippen LogP contribution in [-0.2, 0) is 13.2 Å². The Morgan fingerprint density at radius 1 is 0.828 bits per heavy atom. The molecule has 0 saturated carbocycles. The predicted octanol–water partition coefficient (Wildman–Crippen LogP) is 5.05. The number of rotatable bonds is 5. The largest absolute Gasteiger partial charge is 0.392 e. The molecule has 1 N–H and O–H groups in total. The number of hydrogen-bond acceptors (Lipinski definition) is 4. The van der Waals surface area contributed by atoms with Crippen molar-refractivity contribution in [3.63, 3.8) is 0 Å². The van der Waals surface area contributed by atoms with E-state index in [0.29, 0.717) is 0 Å². The summed E-state index contributed by atoms with van der Waals surface area (Å²) in [7, 11) is 0. The number of hydrogen-bond donors (Lipinski definition) is 1. The number of pyridine rings is 2. The minimum absolute atomic E-state index is 0.0789. The highest BCUT2D eigenvalue weighted by Gasteiger charge is 2.35. The first kappa shape index (κ1) is 19.7. The van der Waals surface area contributed by atoms with E-state index in [9.17, 15) is 5.11 Å². The molecule has 1 aliphatic rings. The second-order valence-electron chi connectivity index (χ2n) is 8.02. The van der Waals surface area contributed by atoms with Crippen LogP contribution in [0.2, 0.25) is 0 Å². The van der Waals surface area contributed by atoms with Crippen molar-refractivity contribution in [3.8, 4) is 0 Å². The summed E-state index contributed by atoms with van der Waals surface area (Å²) in [4.78, 5) is 12.1. The zero-order valence-corrected chi connectivity index (χ0v) is 17.3. The van der Waals surface area contributed by atoms with Crippen molar-refractivity contribution < 1.29 is 5.11 Å². The lowest BCUT2D eigenvalue weighted by molar-refractivity contribution is 0.0678. The van der Waals surface area contributed by atoms with E-state index in [-0.39, 0.29) is 18.7 Å². The van der Waals surface area contributed by atoms with E-state index in [1.807, 2.05) is 36.7 Å². The van der Waals surface area contributed by atoms with Gasteiger partial charge >= 0.3 is 0 Å². The van der Waals surface area contributed by atoms with Crippen LogP contribution in [0.25, 0.3) is 0 Å². The number of likely N-dealkylation sites (tertiary alicyclic amines) is 1. The summed E-state index contributed by atoms with van der Waals surface area (Å²) in [6.07, 6.45) is 7.20. The molecule has 150 valence electrons. The molecule has 3 aromatic rings. The molecule has 0 bridgehead atoms. The zero-order chi connectivity index (χ0) is 20.2. The van der Waals surface area contributed by atoms with Crippen LogP contribution in [0, 0.1) is 13.8 Å². The molecule has 4 nitrogen and oxygen atoms in total. The number of benzene rings is 1. The first-order valence-electron chi connectivity index (χ1n) is 10.4. The Morgan fingerprint density at radius 2 is 1.34 bits per heavy atom. The lowest BCUT2D eigenvalue weighted by Gasteiger charge is -2.42. The third-order valence-electron chi connectivity index (χ3n) is 6.06. The number of piperidine rings is 1. The maximum absolute atomic E-state index is 9.37. The molecule has 2 aromatic heterocycles. The molecule has 1 aromatic carbocycles. The van der Waals surface area contributed by atoms with Gasteiger partial charge in [-0.15, -0.1) is 0 Å². The lowest BCUT2D eigenvalue weighted by Crippen LogP contribution is -2.37. The molecule has 3 heterocycles. The molecule has 4 rings (SSSR count). The SMILES string of the molecule is Cc1cccnc1[C@H]1CCC[C@@H](c2ncccc2C)N1Cc1ccc(CO)cc1. The van der Waals surface area contributed by atoms with Gasteiger partial charge in [-0.05, 0) is 67.5 Å². The fraction of sp³-hybridized carbons (Fsp3) is 0.360. The highest BCUT2D eigenvalue weighted by Crippen LogP contribution is 2.43. The van der Waals surface area contributed by atoms with Crippen LogP contribution >= 0.6 is 0 Å². The molecule has 4 heteroatoms. The Morgan fingerprint density at radius 3 is 1.83 bits per heavy atom. The van der Waals surface area contributed by atoms with Crippen molar-refractivity contribution >= 4 is 0 Å². The summed E-state index contributed by atoms with van der Waals surface area (Å²) in [5, 5.41) is 9.37. The average Bonchev–Trinajstić information content (AvgIpc) is 2.75. The van der Waals surface area contributed by atoms with Gasteiger partial charge in [-0.1, -0.05) is 36.4 Å². The highest BCUT2D eigenvalue weighted by molar-refractivity contribution is 5.28. The van der Waals surface area contributed by atoms with E-state index < -0.39 is 0 Å². The molecular weight excluding hydrogens is 358 g/mol. The van der Waals surface area contributed by atoms with Crippen LogP contribution in [0.1, 0.15) is 65.0 Å². The fourth-order valence-corrected chi connectivity index (χ4v) is 4.52. The van der Waals surface area contributed by atoms with Gasteiger partial charge in [0.2, 0.25) is 0 Å². The molecule has 0 amide bonds. The molecule has 0 aliphatic carbocycles. The van der Waals surface area contributed by atoms with Crippen molar-refractivity contribution in [1.29, 1.82) is 0 Å². The summed E-state index contributed by atoms with van der Waals surface area (Å²) < 4.78 is 0. The van der Waals surface area contributed by atoms with Crippen molar-refractivity contribution in [2.75, 3.05) is 0 Å². The van der Waals surface area contributed by atoms with Gasteiger partial charge < -0.3 is 5.11 Å². The second kappa shape index (κ2) is 8.85. The number of nitrogens with zero attached hydrogens (tertiary/aromatic N) is 3. The summed E-state index contributed by atoms with van der Waals surface area (Å²) in [5.41, 5.74) is 7.05. The van der Waals surface area contributed by atoms with Crippen molar-refractivity contribution in [3.05, 3.63) is 94.6 Å². The van der Waals surface area contributed by atoms with Crippen molar-refractivity contribution in [2.45, 2.75) is 58.3 Å². The number of aliphatic hydroxyl groups excluding tert-OH is 1. The van der Waals surface area contributed by atoms with E-state index in [1.54, 1.807) is 0 Å². The van der Waals surface area contributed by atoms with Crippen molar-refractivity contribution in [1.82, 2.24) is 14.9 Å². The molecular formula is C25H29N3O. The predicted molar refractivity (Wildman–Crippen MR) is 115 cm³/mol. The van der Waals surface area contributed by atoms with E-state index in [2.05, 4.69) is 43.0 Å². The van der Waals surface area contributed by atoms with Crippen LogP contribution < -0.4 is 0 Å². The molecule has 0 unspecified atom stereocenters. The van der Waals surface area contributed by atoms with Gasteiger partial charge in [-0.2, -0.15) is 0 Å². The Kier molecular flexibility index (Phi) is 6.02. The maximum atomic E-state index is 9.37. The Hall–Kier alpha value is -2.56. The van der Waals surface area contributed by atoms with Gasteiger partial charge in [0, 0.05) is 18.9 Å². The van der Waals surface area contributed by atoms with Gasteiger partial charge in [0.15, 0.2) is 0 Å². The standard InChI is InChI=1S/C25H29N3O/c1-18-6-4-14-26-24(18)22-8-3-9-23(25-19(2)7-5-15-27-25)28(22)16-20-10-12-21(17-29)13-11-20/h4-7,10-15,22-23,29H,3,8-9,16-17H2,1-2H3/t22-,23+. The minimum Gasteiger partial charge on any atom is -0.392 e. The maximum Gasteiger partial charge on any atom is 0.0681 e. The third kappa shape index (κ3) is 4.24. The highest BCUT2D eigenvalue weighted by atomic mass is 16.3. The topological polar surface area (TPSA) is 49.2 Å². The monoisotopic (exact) mass is 387 g/mol. The Bertz CT molecular complexity index is 901. The molecule has 1 fully saturated rings. The second-order valence-corrected chi connectivity index (χ2v) is 8.02. The van der Waals surface area contributed by atoms with Gasteiger partial charge in [0.1, 0.15) is 0 Å². The molecule has 0 radical (unpaired) electrons. The molecule has 1 saturated heterocycles. The molecule has 1 aliphatic heterocycles. The Labute approximate surface area is 173 Å². The Balaban J connectivity index is 1.73. The van der Waals surface area contributed by atoms with Gasteiger partial charge in [-0.3, -0.25) is 14.9 Å². The summed E-state index contributed by atoms with van der Waals surface area (Å²) >= 11 is 0. The number of aryl methyl sites for hydroxylation is 2. The van der Waals surface area contributed by atoms with Crippen LogP contribution in [0.5, 0.6) is 0 Å². The van der Waals surface area contributed by atoms with E-state index >= 15 is 0 Å². The van der Waals surface area contributed by atoms with Crippen LogP contribution in [0.3, 0.4) is 0 Å². The summed E-state index contributed by atoms with van der Waals surface area (Å²) in [6.45, 7) is 5.24. The van der Waals surface area contributed by atoms with Crippen molar-refractivity contribution in [2.24, 2.45) is 0 Å². The summed E-state index contributed by atoms with van der Waals surface area (Å²) in [5.74, 6) is 0. The quantitative estimate of drug-likeness (QED) is 0.665. The molecule has 0 spiro atoms. The average molecular weight is 388 g/mol. The minimum atomic E-state index is 0.0789. The van der Waals surface area contributed by atoms with Crippen LogP contribution in [0.4, 0.5) is 0 Å². The third-order valence-corrected chi connectivity index (χ3v) is 6.06. The van der Waals surface area contributed by atoms with Crippen LogP contribution in [-0.4, -0.2) is 20.0 Å².